The molecule has 0 heterocycles. The zero-order chi connectivity index (χ0) is 18.6. The van der Waals surface area contributed by atoms with E-state index in [4.69, 9.17) is 34.8 Å². The highest BCUT2D eigenvalue weighted by molar-refractivity contribution is 6.35. The Morgan fingerprint density at radius 1 is 1.16 bits per heavy atom. The average molecular weight is 403 g/mol. The van der Waals surface area contributed by atoms with Crippen LogP contribution in [0.25, 0.3) is 0 Å². The van der Waals surface area contributed by atoms with E-state index >= 15 is 0 Å². The molecule has 132 valence electrons. The van der Waals surface area contributed by atoms with Crippen LogP contribution in [0.15, 0.2) is 36.4 Å². The number of amides is 1. The number of nitrogens with zero attached hydrogens (tertiary/aromatic N) is 1. The first-order valence-electron chi connectivity index (χ1n) is 7.20. The fraction of sp³-hybridized carbons (Fsp3) is 0.188. The molecule has 0 bridgehead atoms. The molecule has 0 aliphatic heterocycles. The summed E-state index contributed by atoms with van der Waals surface area (Å²) in [5, 5.41) is 17.4. The van der Waals surface area contributed by atoms with Crippen LogP contribution in [0.1, 0.15) is 18.5 Å². The third-order valence-electron chi connectivity index (χ3n) is 3.44. The maximum absolute atomic E-state index is 12.0. The molecule has 1 atom stereocenters. The highest BCUT2D eigenvalue weighted by Gasteiger charge is 2.14. The predicted octanol–water partition coefficient (Wildman–Crippen LogP) is 4.84. The Hall–Kier alpha value is -1.86. The largest absolute Gasteiger partial charge is 0.324 e. The summed E-state index contributed by atoms with van der Waals surface area (Å²) in [4.78, 5) is 22.2. The Morgan fingerprint density at radius 3 is 2.48 bits per heavy atom. The van der Waals surface area contributed by atoms with Crippen molar-refractivity contribution in [3.63, 3.8) is 0 Å². The Bertz CT molecular complexity index is 814. The molecule has 0 unspecified atom stereocenters. The van der Waals surface area contributed by atoms with E-state index in [1.807, 2.05) is 6.92 Å². The number of rotatable bonds is 6. The van der Waals surface area contributed by atoms with Crippen LogP contribution in [-0.2, 0) is 4.79 Å². The molecule has 0 saturated heterocycles. The zero-order valence-electron chi connectivity index (χ0n) is 13.1. The smallest absolute Gasteiger partial charge is 0.271 e. The van der Waals surface area contributed by atoms with Crippen molar-refractivity contribution in [3.05, 3.63) is 67.1 Å². The maximum atomic E-state index is 12.0. The lowest BCUT2D eigenvalue weighted by molar-refractivity contribution is -0.384. The van der Waals surface area contributed by atoms with Crippen molar-refractivity contribution in [1.82, 2.24) is 5.32 Å². The van der Waals surface area contributed by atoms with E-state index < -0.39 is 4.92 Å². The van der Waals surface area contributed by atoms with Gasteiger partial charge in [0, 0.05) is 28.2 Å². The van der Waals surface area contributed by atoms with E-state index in [-0.39, 0.29) is 29.2 Å². The number of nitrogens with one attached hydrogen (secondary N) is 2. The number of hydrogen-bond donors (Lipinski definition) is 2. The van der Waals surface area contributed by atoms with Crippen LogP contribution in [0.2, 0.25) is 15.1 Å². The molecule has 0 spiro atoms. The van der Waals surface area contributed by atoms with Crippen LogP contribution in [0.3, 0.4) is 0 Å². The quantitative estimate of drug-likeness (QED) is 0.534. The van der Waals surface area contributed by atoms with Crippen molar-refractivity contribution in [2.75, 3.05) is 11.9 Å². The lowest BCUT2D eigenvalue weighted by Crippen LogP contribution is -2.30. The van der Waals surface area contributed by atoms with Gasteiger partial charge in [-0.25, -0.2) is 0 Å². The second kappa shape index (κ2) is 8.49. The monoisotopic (exact) mass is 401 g/mol. The molecule has 2 rings (SSSR count). The van der Waals surface area contributed by atoms with Crippen molar-refractivity contribution in [2.24, 2.45) is 0 Å². The molecular formula is C16H14Cl3N3O3. The summed E-state index contributed by atoms with van der Waals surface area (Å²) in [7, 11) is 0. The summed E-state index contributed by atoms with van der Waals surface area (Å²) < 4.78 is 0. The van der Waals surface area contributed by atoms with Gasteiger partial charge in [-0.1, -0.05) is 40.9 Å². The van der Waals surface area contributed by atoms with E-state index in [1.165, 1.54) is 18.2 Å². The summed E-state index contributed by atoms with van der Waals surface area (Å²) in [5.74, 6) is -0.340. The van der Waals surface area contributed by atoms with E-state index in [1.54, 1.807) is 18.2 Å². The first-order valence-corrected chi connectivity index (χ1v) is 8.33. The third kappa shape index (κ3) is 5.31. The van der Waals surface area contributed by atoms with Crippen LogP contribution in [-0.4, -0.2) is 17.4 Å². The molecule has 2 aromatic carbocycles. The number of non-ortho nitro benzene ring substituents is 1. The molecule has 2 aromatic rings. The first kappa shape index (κ1) is 19.5. The van der Waals surface area contributed by atoms with Gasteiger partial charge >= 0.3 is 0 Å². The van der Waals surface area contributed by atoms with Gasteiger partial charge in [-0.15, -0.1) is 0 Å². The highest BCUT2D eigenvalue weighted by Crippen LogP contribution is 2.27. The minimum atomic E-state index is -0.559. The Kier molecular flexibility index (Phi) is 6.61. The number of carbonyl (C=O) groups excluding carboxylic acids is 1. The van der Waals surface area contributed by atoms with Gasteiger partial charge in [-0.2, -0.15) is 0 Å². The lowest BCUT2D eigenvalue weighted by atomic mass is 10.1. The highest BCUT2D eigenvalue weighted by atomic mass is 35.5. The van der Waals surface area contributed by atoms with E-state index in [0.29, 0.717) is 15.7 Å². The Labute approximate surface area is 159 Å². The van der Waals surface area contributed by atoms with Gasteiger partial charge in [0.25, 0.3) is 5.69 Å². The molecule has 6 nitrogen and oxygen atoms in total. The molecule has 1 amide bonds. The first-order chi connectivity index (χ1) is 11.8. The number of halogens is 3. The minimum Gasteiger partial charge on any atom is -0.324 e. The fourth-order valence-electron chi connectivity index (χ4n) is 2.12. The summed E-state index contributed by atoms with van der Waals surface area (Å²) in [6, 6.07) is 8.80. The number of hydrogen-bond acceptors (Lipinski definition) is 4. The van der Waals surface area contributed by atoms with Gasteiger partial charge in [0.1, 0.15) is 0 Å². The topological polar surface area (TPSA) is 84.3 Å². The standard InChI is InChI=1S/C16H14Cl3N3O3/c1-9(12-4-2-10(17)6-13(12)18)20-8-16(23)21-15-5-3-11(22(24)25)7-14(15)19/h2-7,9,20H,8H2,1H3,(H,21,23)/t9-/m1/s1. The van der Waals surface area contributed by atoms with Crippen LogP contribution >= 0.6 is 34.8 Å². The SMILES string of the molecule is C[C@@H](NCC(=O)Nc1ccc([N+](=O)[O-])cc1Cl)c1ccc(Cl)cc1Cl. The molecular weight excluding hydrogens is 389 g/mol. The zero-order valence-corrected chi connectivity index (χ0v) is 15.3. The molecule has 9 heteroatoms. The lowest BCUT2D eigenvalue weighted by Gasteiger charge is -2.16. The summed E-state index contributed by atoms with van der Waals surface area (Å²) in [6.07, 6.45) is 0. The summed E-state index contributed by atoms with van der Waals surface area (Å²) >= 11 is 17.9. The molecule has 0 saturated carbocycles. The molecule has 0 radical (unpaired) electrons. The van der Waals surface area contributed by atoms with Gasteiger partial charge in [-0.3, -0.25) is 14.9 Å². The van der Waals surface area contributed by atoms with Gasteiger partial charge in [0.15, 0.2) is 0 Å². The van der Waals surface area contributed by atoms with Gasteiger partial charge < -0.3 is 10.6 Å². The van der Waals surface area contributed by atoms with Crippen molar-refractivity contribution < 1.29 is 9.72 Å². The molecule has 2 N–H and O–H groups in total. The van der Waals surface area contributed by atoms with Gasteiger partial charge in [0.05, 0.1) is 22.2 Å². The van der Waals surface area contributed by atoms with Crippen LogP contribution < -0.4 is 10.6 Å². The second-order valence-electron chi connectivity index (χ2n) is 5.24. The summed E-state index contributed by atoms with van der Waals surface area (Å²) in [5.41, 5.74) is 0.968. The number of carbonyl (C=O) groups is 1. The van der Waals surface area contributed by atoms with Crippen LogP contribution in [0.5, 0.6) is 0 Å². The number of anilines is 1. The molecule has 25 heavy (non-hydrogen) atoms. The molecule has 0 fully saturated rings. The number of nitro benzene ring substituents is 1. The second-order valence-corrected chi connectivity index (χ2v) is 6.49. The number of benzene rings is 2. The van der Waals surface area contributed by atoms with Crippen molar-refractivity contribution >= 4 is 52.1 Å². The van der Waals surface area contributed by atoms with Gasteiger partial charge in [-0.05, 0) is 30.7 Å². The maximum Gasteiger partial charge on any atom is 0.271 e. The number of nitro groups is 1. The normalized spacial score (nSPS) is 11.8. The minimum absolute atomic E-state index is 0.00738. The molecule has 0 aromatic heterocycles. The van der Waals surface area contributed by atoms with Crippen LogP contribution in [0, 0.1) is 10.1 Å². The average Bonchev–Trinajstić information content (AvgIpc) is 2.54. The van der Waals surface area contributed by atoms with Crippen LogP contribution in [0.4, 0.5) is 11.4 Å². The Balaban J connectivity index is 1.95. The molecule has 0 aliphatic carbocycles. The van der Waals surface area contributed by atoms with Crippen molar-refractivity contribution in [3.8, 4) is 0 Å². The summed E-state index contributed by atoms with van der Waals surface area (Å²) in [6.45, 7) is 1.87. The van der Waals surface area contributed by atoms with Gasteiger partial charge in [0.2, 0.25) is 5.91 Å². The fourth-order valence-corrected chi connectivity index (χ4v) is 2.92. The Morgan fingerprint density at radius 2 is 1.88 bits per heavy atom. The third-order valence-corrected chi connectivity index (χ3v) is 4.31. The van der Waals surface area contributed by atoms with Crippen molar-refractivity contribution in [2.45, 2.75) is 13.0 Å². The van der Waals surface area contributed by atoms with Crippen molar-refractivity contribution in [1.29, 1.82) is 0 Å². The van der Waals surface area contributed by atoms with E-state index in [0.717, 1.165) is 5.56 Å². The van der Waals surface area contributed by atoms with E-state index in [2.05, 4.69) is 10.6 Å². The molecule has 0 aliphatic rings. The van der Waals surface area contributed by atoms with E-state index in [9.17, 15) is 14.9 Å². The predicted molar refractivity (Wildman–Crippen MR) is 99.6 cm³/mol.